The van der Waals surface area contributed by atoms with E-state index >= 15 is 0 Å². The molecule has 4 heteroatoms. The molecule has 0 unspecified atom stereocenters. The minimum atomic E-state index is -0.512. The molecule has 0 aliphatic rings. The van der Waals surface area contributed by atoms with Gasteiger partial charge < -0.3 is 4.74 Å². The molecule has 3 rings (SSSR count). The van der Waals surface area contributed by atoms with Gasteiger partial charge in [-0.25, -0.2) is 13.2 Å². The van der Waals surface area contributed by atoms with Crippen molar-refractivity contribution in [1.82, 2.24) is 0 Å². The Balaban J connectivity index is 1.68. The molecule has 0 aliphatic heterocycles. The largest absolute Gasteiger partial charge is 0.489 e. The SMILES string of the molecule is C=CCCc1ccc(COc2ccc(-c3ccc(CCC=C)c(F)c3)c(F)c2)cc1F. The lowest BCUT2D eigenvalue weighted by Gasteiger charge is -2.11. The van der Waals surface area contributed by atoms with Crippen molar-refractivity contribution in [2.24, 2.45) is 0 Å². The van der Waals surface area contributed by atoms with Gasteiger partial charge in [-0.15, -0.1) is 13.2 Å². The van der Waals surface area contributed by atoms with Gasteiger partial charge in [-0.3, -0.25) is 0 Å². The molecule has 3 aromatic rings. The second-order valence-corrected chi connectivity index (χ2v) is 7.32. The first kappa shape index (κ1) is 22.4. The number of ether oxygens (including phenoxy) is 1. The molecule has 0 fully saturated rings. The molecule has 0 radical (unpaired) electrons. The number of halogens is 3. The molecule has 0 atom stereocenters. The van der Waals surface area contributed by atoms with Gasteiger partial charge in [0.15, 0.2) is 0 Å². The highest BCUT2D eigenvalue weighted by Crippen LogP contribution is 2.28. The first-order valence-electron chi connectivity index (χ1n) is 10.2. The van der Waals surface area contributed by atoms with E-state index in [1.54, 1.807) is 48.6 Å². The van der Waals surface area contributed by atoms with Gasteiger partial charge in [0.25, 0.3) is 0 Å². The van der Waals surface area contributed by atoms with Crippen molar-refractivity contribution in [3.8, 4) is 16.9 Å². The van der Waals surface area contributed by atoms with Crippen LogP contribution in [0, 0.1) is 17.5 Å². The van der Waals surface area contributed by atoms with Crippen LogP contribution in [0.4, 0.5) is 13.2 Å². The third-order valence-electron chi connectivity index (χ3n) is 5.06. The standard InChI is InChI=1S/C27H25F3O/c1-3-5-7-20-10-9-19(15-25(20)28)18-31-23-13-14-24(27(30)17-23)22-12-11-21(8-6-4-2)26(29)16-22/h3-4,9-17H,1-2,5-8,18H2. The van der Waals surface area contributed by atoms with E-state index in [0.717, 1.165) is 0 Å². The first-order chi connectivity index (χ1) is 15.0. The van der Waals surface area contributed by atoms with Gasteiger partial charge in [0, 0.05) is 11.6 Å². The predicted molar refractivity (Wildman–Crippen MR) is 120 cm³/mol. The van der Waals surface area contributed by atoms with Crippen LogP contribution < -0.4 is 4.74 Å². The van der Waals surface area contributed by atoms with Gasteiger partial charge in [-0.2, -0.15) is 0 Å². The average molecular weight is 422 g/mol. The minimum absolute atomic E-state index is 0.115. The Bertz CT molecular complexity index is 1070. The van der Waals surface area contributed by atoms with E-state index in [0.29, 0.717) is 59.3 Å². The zero-order valence-electron chi connectivity index (χ0n) is 17.3. The van der Waals surface area contributed by atoms with Crippen LogP contribution in [0.25, 0.3) is 11.1 Å². The van der Waals surface area contributed by atoms with Crippen LogP contribution in [0.15, 0.2) is 79.9 Å². The molecule has 0 saturated heterocycles. The summed E-state index contributed by atoms with van der Waals surface area (Å²) in [5, 5.41) is 0. The molecule has 0 aromatic heterocycles. The molecule has 1 nitrogen and oxygen atoms in total. The molecule has 0 N–H and O–H groups in total. The van der Waals surface area contributed by atoms with E-state index in [1.807, 2.05) is 0 Å². The molecule has 0 heterocycles. The number of benzene rings is 3. The fraction of sp³-hybridized carbons (Fsp3) is 0.185. The number of rotatable bonds is 10. The van der Waals surface area contributed by atoms with Crippen molar-refractivity contribution in [1.29, 1.82) is 0 Å². The summed E-state index contributed by atoms with van der Waals surface area (Å²) in [6.07, 6.45) is 6.02. The quantitative estimate of drug-likeness (QED) is 0.306. The van der Waals surface area contributed by atoms with Crippen molar-refractivity contribution < 1.29 is 17.9 Å². The maximum atomic E-state index is 14.6. The van der Waals surface area contributed by atoms with Crippen LogP contribution in [-0.2, 0) is 19.4 Å². The maximum Gasteiger partial charge on any atom is 0.134 e. The van der Waals surface area contributed by atoms with E-state index in [1.165, 1.54) is 18.2 Å². The van der Waals surface area contributed by atoms with Crippen LogP contribution in [0.5, 0.6) is 5.75 Å². The Morgan fingerprint density at radius 2 is 1.35 bits per heavy atom. The van der Waals surface area contributed by atoms with E-state index in [-0.39, 0.29) is 18.2 Å². The molecule has 160 valence electrons. The van der Waals surface area contributed by atoms with Gasteiger partial charge in [-0.1, -0.05) is 36.4 Å². The molecule has 0 bridgehead atoms. The van der Waals surface area contributed by atoms with Crippen molar-refractivity contribution >= 4 is 0 Å². The van der Waals surface area contributed by atoms with Gasteiger partial charge in [0.1, 0.15) is 29.8 Å². The average Bonchev–Trinajstić information content (AvgIpc) is 2.76. The summed E-state index contributed by atoms with van der Waals surface area (Å²) in [5.41, 5.74) is 2.61. The van der Waals surface area contributed by atoms with E-state index in [9.17, 15) is 13.2 Å². The third-order valence-corrected chi connectivity index (χ3v) is 5.06. The topological polar surface area (TPSA) is 9.23 Å². The van der Waals surface area contributed by atoms with Crippen LogP contribution in [0.3, 0.4) is 0 Å². The van der Waals surface area contributed by atoms with Gasteiger partial charge in [0.2, 0.25) is 0 Å². The lowest BCUT2D eigenvalue weighted by atomic mass is 10.0. The number of allylic oxidation sites excluding steroid dienone is 2. The molecule has 3 aromatic carbocycles. The zero-order chi connectivity index (χ0) is 22.2. The summed E-state index contributed by atoms with van der Waals surface area (Å²) < 4.78 is 48.7. The fourth-order valence-electron chi connectivity index (χ4n) is 3.30. The fourth-order valence-corrected chi connectivity index (χ4v) is 3.30. The zero-order valence-corrected chi connectivity index (χ0v) is 17.3. The Morgan fingerprint density at radius 1 is 0.710 bits per heavy atom. The summed E-state index contributed by atoms with van der Waals surface area (Å²) in [5.74, 6) is -0.845. The number of aryl methyl sites for hydroxylation is 2. The van der Waals surface area contributed by atoms with Gasteiger partial charge in [0.05, 0.1) is 0 Å². The molecule has 0 spiro atoms. The summed E-state index contributed by atoms with van der Waals surface area (Å²) >= 11 is 0. The first-order valence-corrected chi connectivity index (χ1v) is 10.2. The normalized spacial score (nSPS) is 10.7. The molecule has 0 amide bonds. The Morgan fingerprint density at radius 3 is 1.94 bits per heavy atom. The van der Waals surface area contributed by atoms with Crippen molar-refractivity contribution in [2.75, 3.05) is 0 Å². The van der Waals surface area contributed by atoms with Crippen molar-refractivity contribution in [2.45, 2.75) is 32.3 Å². The Hall–Kier alpha value is -3.27. The minimum Gasteiger partial charge on any atom is -0.489 e. The summed E-state index contributed by atoms with van der Waals surface area (Å²) in [6.45, 7) is 7.40. The molecule has 31 heavy (non-hydrogen) atoms. The maximum absolute atomic E-state index is 14.6. The number of hydrogen-bond acceptors (Lipinski definition) is 1. The highest BCUT2D eigenvalue weighted by Gasteiger charge is 2.11. The van der Waals surface area contributed by atoms with E-state index in [2.05, 4.69) is 13.2 Å². The highest BCUT2D eigenvalue weighted by molar-refractivity contribution is 5.65. The second-order valence-electron chi connectivity index (χ2n) is 7.32. The van der Waals surface area contributed by atoms with Gasteiger partial charge in [-0.05, 0) is 72.2 Å². The van der Waals surface area contributed by atoms with Crippen LogP contribution >= 0.6 is 0 Å². The van der Waals surface area contributed by atoms with Crippen LogP contribution in [-0.4, -0.2) is 0 Å². The van der Waals surface area contributed by atoms with Gasteiger partial charge >= 0.3 is 0 Å². The highest BCUT2D eigenvalue weighted by atomic mass is 19.1. The van der Waals surface area contributed by atoms with E-state index in [4.69, 9.17) is 4.74 Å². The smallest absolute Gasteiger partial charge is 0.134 e. The van der Waals surface area contributed by atoms with Crippen LogP contribution in [0.2, 0.25) is 0 Å². The van der Waals surface area contributed by atoms with E-state index < -0.39 is 5.82 Å². The monoisotopic (exact) mass is 422 g/mol. The molecular formula is C27H25F3O. The predicted octanol–water partition coefficient (Wildman–Crippen LogP) is 7.59. The second kappa shape index (κ2) is 10.7. The third kappa shape index (κ3) is 5.88. The Kier molecular flexibility index (Phi) is 7.71. The van der Waals surface area contributed by atoms with Crippen molar-refractivity contribution in [3.05, 3.63) is 114 Å². The summed E-state index contributed by atoms with van der Waals surface area (Å²) in [6, 6.07) is 14.1. The molecule has 0 saturated carbocycles. The summed E-state index contributed by atoms with van der Waals surface area (Å²) in [7, 11) is 0. The molecular weight excluding hydrogens is 397 g/mol. The lowest BCUT2D eigenvalue weighted by molar-refractivity contribution is 0.304. The van der Waals surface area contributed by atoms with Crippen LogP contribution in [0.1, 0.15) is 29.5 Å². The molecule has 0 aliphatic carbocycles. The lowest BCUT2D eigenvalue weighted by Crippen LogP contribution is -1.99. The number of hydrogen-bond donors (Lipinski definition) is 0. The summed E-state index contributed by atoms with van der Waals surface area (Å²) in [4.78, 5) is 0. The Labute approximate surface area is 181 Å². The van der Waals surface area contributed by atoms with Crippen molar-refractivity contribution in [3.63, 3.8) is 0 Å².